The van der Waals surface area contributed by atoms with Gasteiger partial charge in [0.2, 0.25) is 11.8 Å². The summed E-state index contributed by atoms with van der Waals surface area (Å²) in [6.45, 7) is 3.04. The molecular weight excluding hydrogens is 371 g/mol. The van der Waals surface area contributed by atoms with Gasteiger partial charge in [-0.05, 0) is 31.0 Å². The standard InChI is InChI=1S/C19H23FN2O6/c1-3-28-17(24)6-4-5-15(19(26)27)22-18(25)16(21-12(2)23)11-13-7-9-14(20)10-8-13/h4,6-10,15-16H,3,5,11H2,1-2H3,(H,21,23)(H,22,25)(H,26,27)/b6-4+/t15-,16-/m1/s1. The predicted molar refractivity (Wildman–Crippen MR) is 97.7 cm³/mol. The number of hydrogen-bond donors (Lipinski definition) is 3. The molecule has 0 saturated heterocycles. The fraction of sp³-hybridized carbons (Fsp3) is 0.368. The lowest BCUT2D eigenvalue weighted by molar-refractivity contribution is -0.142. The molecule has 1 rings (SSSR count). The van der Waals surface area contributed by atoms with Gasteiger partial charge in [0.25, 0.3) is 0 Å². The van der Waals surface area contributed by atoms with Crippen LogP contribution in [-0.2, 0) is 30.3 Å². The highest BCUT2D eigenvalue weighted by Crippen LogP contribution is 2.07. The minimum Gasteiger partial charge on any atom is -0.480 e. The molecule has 0 aliphatic rings. The van der Waals surface area contributed by atoms with Crippen LogP contribution in [0.5, 0.6) is 0 Å². The van der Waals surface area contributed by atoms with Crippen LogP contribution in [0.15, 0.2) is 36.4 Å². The molecule has 2 atom stereocenters. The number of aliphatic carboxylic acids is 1. The van der Waals surface area contributed by atoms with Crippen molar-refractivity contribution in [3.63, 3.8) is 0 Å². The molecule has 9 heteroatoms. The van der Waals surface area contributed by atoms with E-state index in [0.29, 0.717) is 5.56 Å². The highest BCUT2D eigenvalue weighted by Gasteiger charge is 2.25. The Kier molecular flexibility index (Phi) is 9.35. The van der Waals surface area contributed by atoms with Gasteiger partial charge in [-0.3, -0.25) is 9.59 Å². The Morgan fingerprint density at radius 3 is 2.32 bits per heavy atom. The molecule has 3 N–H and O–H groups in total. The number of benzene rings is 1. The topological polar surface area (TPSA) is 122 Å². The number of carboxylic acids is 1. The second-order valence-electron chi connectivity index (χ2n) is 5.87. The lowest BCUT2D eigenvalue weighted by Gasteiger charge is -2.20. The fourth-order valence-electron chi connectivity index (χ4n) is 2.30. The van der Waals surface area contributed by atoms with Crippen molar-refractivity contribution in [3.8, 4) is 0 Å². The third-order valence-electron chi connectivity index (χ3n) is 3.57. The van der Waals surface area contributed by atoms with Crippen molar-refractivity contribution < 1.29 is 33.4 Å². The maximum absolute atomic E-state index is 13.0. The van der Waals surface area contributed by atoms with Gasteiger partial charge in [-0.1, -0.05) is 18.2 Å². The van der Waals surface area contributed by atoms with Crippen molar-refractivity contribution in [1.29, 1.82) is 0 Å². The number of hydrogen-bond acceptors (Lipinski definition) is 5. The summed E-state index contributed by atoms with van der Waals surface area (Å²) in [5.74, 6) is -3.55. The average molecular weight is 394 g/mol. The van der Waals surface area contributed by atoms with Crippen LogP contribution in [0.1, 0.15) is 25.8 Å². The Morgan fingerprint density at radius 1 is 1.14 bits per heavy atom. The van der Waals surface area contributed by atoms with Crippen LogP contribution in [0, 0.1) is 5.82 Å². The monoisotopic (exact) mass is 394 g/mol. The van der Waals surface area contributed by atoms with E-state index in [1.807, 2.05) is 0 Å². The Bertz CT molecular complexity index is 732. The van der Waals surface area contributed by atoms with Crippen molar-refractivity contribution in [3.05, 3.63) is 47.8 Å². The molecule has 152 valence electrons. The van der Waals surface area contributed by atoms with Gasteiger partial charge in [0.05, 0.1) is 6.61 Å². The number of carboxylic acid groups (broad SMARTS) is 1. The fourth-order valence-corrected chi connectivity index (χ4v) is 2.30. The number of esters is 1. The molecule has 0 aromatic heterocycles. The van der Waals surface area contributed by atoms with Crippen molar-refractivity contribution in [2.75, 3.05) is 6.61 Å². The quantitative estimate of drug-likeness (QED) is 0.401. The molecule has 2 amide bonds. The summed E-state index contributed by atoms with van der Waals surface area (Å²) in [4.78, 5) is 46.5. The normalized spacial score (nSPS) is 12.8. The molecule has 0 saturated carbocycles. The van der Waals surface area contributed by atoms with Crippen LogP contribution >= 0.6 is 0 Å². The number of halogens is 1. The molecule has 0 aliphatic carbocycles. The molecule has 8 nitrogen and oxygen atoms in total. The Labute approximate surface area is 161 Å². The van der Waals surface area contributed by atoms with E-state index in [0.717, 1.165) is 6.08 Å². The van der Waals surface area contributed by atoms with Crippen molar-refractivity contribution >= 4 is 23.8 Å². The molecule has 0 radical (unpaired) electrons. The molecular formula is C19H23FN2O6. The summed E-state index contributed by atoms with van der Waals surface area (Å²) >= 11 is 0. The summed E-state index contributed by atoms with van der Waals surface area (Å²) < 4.78 is 17.7. The van der Waals surface area contributed by atoms with Gasteiger partial charge in [0, 0.05) is 19.4 Å². The van der Waals surface area contributed by atoms with E-state index >= 15 is 0 Å². The molecule has 0 unspecified atom stereocenters. The minimum absolute atomic E-state index is 0.0523. The summed E-state index contributed by atoms with van der Waals surface area (Å²) in [6.07, 6.45) is 2.26. The Morgan fingerprint density at radius 2 is 1.79 bits per heavy atom. The number of nitrogens with one attached hydrogen (secondary N) is 2. The van der Waals surface area contributed by atoms with Crippen LogP contribution < -0.4 is 10.6 Å². The van der Waals surface area contributed by atoms with E-state index in [9.17, 15) is 28.7 Å². The van der Waals surface area contributed by atoms with Gasteiger partial charge in [-0.15, -0.1) is 0 Å². The zero-order chi connectivity index (χ0) is 21.1. The second-order valence-corrected chi connectivity index (χ2v) is 5.87. The van der Waals surface area contributed by atoms with Gasteiger partial charge in [0.1, 0.15) is 17.9 Å². The lowest BCUT2D eigenvalue weighted by atomic mass is 10.0. The smallest absolute Gasteiger partial charge is 0.330 e. The first-order valence-corrected chi connectivity index (χ1v) is 8.61. The number of carbonyl (C=O) groups is 4. The summed E-state index contributed by atoms with van der Waals surface area (Å²) in [5.41, 5.74) is 0.587. The molecule has 28 heavy (non-hydrogen) atoms. The second kappa shape index (κ2) is 11.5. The first kappa shape index (κ1) is 22.8. The maximum Gasteiger partial charge on any atom is 0.330 e. The van der Waals surface area contributed by atoms with E-state index in [4.69, 9.17) is 0 Å². The van der Waals surface area contributed by atoms with Gasteiger partial charge >= 0.3 is 11.9 Å². The lowest BCUT2D eigenvalue weighted by Crippen LogP contribution is -2.52. The average Bonchev–Trinajstić information content (AvgIpc) is 2.61. The van der Waals surface area contributed by atoms with Crippen LogP contribution in [0.2, 0.25) is 0 Å². The first-order chi connectivity index (χ1) is 13.2. The minimum atomic E-state index is -1.30. The van der Waals surface area contributed by atoms with Crippen molar-refractivity contribution in [2.45, 2.75) is 38.8 Å². The number of ether oxygens (including phenoxy) is 1. The number of amides is 2. The zero-order valence-electron chi connectivity index (χ0n) is 15.6. The van der Waals surface area contributed by atoms with Gasteiger partial charge in [0.15, 0.2) is 0 Å². The molecule has 0 aliphatic heterocycles. The van der Waals surface area contributed by atoms with Crippen LogP contribution in [-0.4, -0.2) is 47.6 Å². The molecule has 0 bridgehead atoms. The Hall–Kier alpha value is -3.23. The summed E-state index contributed by atoms with van der Waals surface area (Å²) in [6, 6.07) is 3.03. The van der Waals surface area contributed by atoms with Gasteiger partial charge in [-0.25, -0.2) is 14.0 Å². The van der Waals surface area contributed by atoms with Crippen LogP contribution in [0.3, 0.4) is 0 Å². The molecule has 0 spiro atoms. The third kappa shape index (κ3) is 8.43. The Balaban J connectivity index is 2.81. The van der Waals surface area contributed by atoms with E-state index < -0.39 is 41.7 Å². The molecule has 1 aromatic rings. The van der Waals surface area contributed by atoms with Crippen LogP contribution in [0.4, 0.5) is 4.39 Å². The summed E-state index contributed by atoms with van der Waals surface area (Å²) in [5, 5.41) is 14.1. The van der Waals surface area contributed by atoms with E-state index in [1.165, 1.54) is 37.3 Å². The first-order valence-electron chi connectivity index (χ1n) is 8.61. The highest BCUT2D eigenvalue weighted by atomic mass is 19.1. The van der Waals surface area contributed by atoms with Gasteiger partial charge < -0.3 is 20.5 Å². The third-order valence-corrected chi connectivity index (χ3v) is 3.57. The van der Waals surface area contributed by atoms with Gasteiger partial charge in [-0.2, -0.15) is 0 Å². The largest absolute Gasteiger partial charge is 0.480 e. The molecule has 0 fully saturated rings. The zero-order valence-corrected chi connectivity index (χ0v) is 15.6. The van der Waals surface area contributed by atoms with E-state index in [-0.39, 0.29) is 19.4 Å². The number of carbonyl (C=O) groups excluding carboxylic acids is 3. The van der Waals surface area contributed by atoms with E-state index in [1.54, 1.807) is 6.92 Å². The van der Waals surface area contributed by atoms with Crippen molar-refractivity contribution in [2.24, 2.45) is 0 Å². The highest BCUT2D eigenvalue weighted by molar-refractivity contribution is 5.90. The summed E-state index contributed by atoms with van der Waals surface area (Å²) in [7, 11) is 0. The van der Waals surface area contributed by atoms with Crippen molar-refractivity contribution in [1.82, 2.24) is 10.6 Å². The maximum atomic E-state index is 13.0. The molecule has 1 aromatic carbocycles. The SMILES string of the molecule is CCOC(=O)/C=C/C[C@@H](NC(=O)[C@@H](Cc1ccc(F)cc1)NC(C)=O)C(=O)O. The molecule has 0 heterocycles. The number of rotatable bonds is 10. The van der Waals surface area contributed by atoms with Crippen LogP contribution in [0.25, 0.3) is 0 Å². The predicted octanol–water partition coefficient (Wildman–Crippen LogP) is 0.952. The van der Waals surface area contributed by atoms with E-state index in [2.05, 4.69) is 15.4 Å².